The van der Waals surface area contributed by atoms with Crippen LogP contribution in [0.1, 0.15) is 37.9 Å². The molecule has 12 heavy (non-hydrogen) atoms. The lowest BCUT2D eigenvalue weighted by atomic mass is 9.75. The summed E-state index contributed by atoms with van der Waals surface area (Å²) >= 11 is 0. The first-order valence-electron chi connectivity index (χ1n) is 4.44. The number of H-pyrrole nitrogens is 1. The minimum Gasteiger partial charge on any atom is -0.382 e. The van der Waals surface area contributed by atoms with Gasteiger partial charge in [0, 0.05) is 11.3 Å². The molecular weight excluding hydrogens is 150 g/mol. The number of hydrogen-bond acceptors (Lipinski definition) is 2. The van der Waals surface area contributed by atoms with Crippen molar-refractivity contribution >= 4 is 5.82 Å². The maximum atomic E-state index is 5.79. The third kappa shape index (κ3) is 0.924. The number of nitrogens with zero attached hydrogens (tertiary/aromatic N) is 1. The highest BCUT2D eigenvalue weighted by Gasteiger charge is 2.31. The van der Waals surface area contributed by atoms with E-state index in [9.17, 15) is 0 Å². The van der Waals surface area contributed by atoms with E-state index in [1.165, 1.54) is 24.1 Å². The first kappa shape index (κ1) is 7.65. The summed E-state index contributed by atoms with van der Waals surface area (Å²) in [7, 11) is 0. The van der Waals surface area contributed by atoms with Gasteiger partial charge in [0.2, 0.25) is 0 Å². The van der Waals surface area contributed by atoms with Crippen LogP contribution in [0.5, 0.6) is 0 Å². The second kappa shape index (κ2) is 2.25. The molecule has 1 aliphatic carbocycles. The lowest BCUT2D eigenvalue weighted by molar-refractivity contribution is 0.432. The molecule has 0 saturated heterocycles. The van der Waals surface area contributed by atoms with Crippen molar-refractivity contribution in [2.75, 3.05) is 5.73 Å². The molecule has 3 N–H and O–H groups in total. The number of rotatable bonds is 0. The number of nitrogens with one attached hydrogen (secondary N) is 1. The molecule has 0 saturated carbocycles. The van der Waals surface area contributed by atoms with Gasteiger partial charge in [-0.05, 0) is 24.7 Å². The van der Waals surface area contributed by atoms with Crippen LogP contribution in [0.2, 0.25) is 0 Å². The average Bonchev–Trinajstić information content (AvgIpc) is 2.32. The minimum atomic E-state index is 0.213. The molecule has 0 amide bonds. The van der Waals surface area contributed by atoms with Crippen molar-refractivity contribution in [3.8, 4) is 0 Å². The van der Waals surface area contributed by atoms with Gasteiger partial charge in [-0.2, -0.15) is 5.10 Å². The molecule has 1 aromatic rings. The Morgan fingerprint density at radius 3 is 2.92 bits per heavy atom. The highest BCUT2D eigenvalue weighted by molar-refractivity contribution is 5.48. The van der Waals surface area contributed by atoms with Crippen molar-refractivity contribution in [1.82, 2.24) is 10.2 Å². The summed E-state index contributed by atoms with van der Waals surface area (Å²) in [6.07, 6.45) is 3.55. The number of fused-ring (bicyclic) bond motifs is 1. The summed E-state index contributed by atoms with van der Waals surface area (Å²) in [5.74, 6) is 0.690. The molecule has 66 valence electrons. The molecule has 0 atom stereocenters. The van der Waals surface area contributed by atoms with Crippen molar-refractivity contribution in [2.24, 2.45) is 0 Å². The van der Waals surface area contributed by atoms with Crippen molar-refractivity contribution in [3.05, 3.63) is 11.3 Å². The van der Waals surface area contributed by atoms with E-state index in [0.717, 1.165) is 6.42 Å². The quantitative estimate of drug-likeness (QED) is 0.613. The molecule has 0 spiro atoms. The van der Waals surface area contributed by atoms with Crippen LogP contribution in [0, 0.1) is 0 Å². The highest BCUT2D eigenvalue weighted by Crippen LogP contribution is 2.38. The van der Waals surface area contributed by atoms with Gasteiger partial charge in [0.05, 0.1) is 0 Å². The third-order valence-electron chi connectivity index (χ3n) is 2.77. The van der Waals surface area contributed by atoms with Crippen LogP contribution in [-0.2, 0) is 11.8 Å². The van der Waals surface area contributed by atoms with E-state index in [4.69, 9.17) is 5.73 Å². The number of nitrogens with two attached hydrogens (primary N) is 1. The number of aromatic amines is 1. The van der Waals surface area contributed by atoms with Crippen molar-refractivity contribution in [1.29, 1.82) is 0 Å². The van der Waals surface area contributed by atoms with E-state index >= 15 is 0 Å². The number of aryl methyl sites for hydroxylation is 1. The first-order valence-corrected chi connectivity index (χ1v) is 4.44. The Bertz CT molecular complexity index is 299. The van der Waals surface area contributed by atoms with Gasteiger partial charge in [-0.3, -0.25) is 5.10 Å². The molecule has 1 aromatic heterocycles. The molecule has 2 rings (SSSR count). The number of aromatic nitrogens is 2. The zero-order chi connectivity index (χ0) is 8.77. The van der Waals surface area contributed by atoms with E-state index in [2.05, 4.69) is 24.0 Å². The molecule has 1 heterocycles. The fraction of sp³-hybridized carbons (Fsp3) is 0.667. The van der Waals surface area contributed by atoms with Crippen molar-refractivity contribution < 1.29 is 0 Å². The summed E-state index contributed by atoms with van der Waals surface area (Å²) < 4.78 is 0. The van der Waals surface area contributed by atoms with Crippen LogP contribution >= 0.6 is 0 Å². The zero-order valence-corrected chi connectivity index (χ0v) is 7.65. The Labute approximate surface area is 72.4 Å². The maximum Gasteiger partial charge on any atom is 0.149 e. The smallest absolute Gasteiger partial charge is 0.149 e. The molecule has 0 fully saturated rings. The van der Waals surface area contributed by atoms with Gasteiger partial charge in [-0.1, -0.05) is 13.8 Å². The van der Waals surface area contributed by atoms with Gasteiger partial charge in [-0.25, -0.2) is 0 Å². The summed E-state index contributed by atoms with van der Waals surface area (Å²) in [6, 6.07) is 0. The molecule has 0 radical (unpaired) electrons. The Morgan fingerprint density at radius 1 is 1.50 bits per heavy atom. The molecule has 1 aliphatic rings. The maximum absolute atomic E-state index is 5.79. The van der Waals surface area contributed by atoms with Gasteiger partial charge < -0.3 is 5.73 Å². The Hall–Kier alpha value is -0.990. The molecule has 0 unspecified atom stereocenters. The Balaban J connectivity index is 2.56. The van der Waals surface area contributed by atoms with Crippen LogP contribution in [0.15, 0.2) is 0 Å². The first-order chi connectivity index (χ1) is 5.61. The lowest BCUT2D eigenvalue weighted by Crippen LogP contribution is -2.23. The number of anilines is 1. The molecule has 0 aliphatic heterocycles. The molecule has 3 nitrogen and oxygen atoms in total. The van der Waals surface area contributed by atoms with Crippen LogP contribution in [-0.4, -0.2) is 10.2 Å². The van der Waals surface area contributed by atoms with E-state index in [-0.39, 0.29) is 5.41 Å². The minimum absolute atomic E-state index is 0.213. The summed E-state index contributed by atoms with van der Waals surface area (Å²) in [5.41, 5.74) is 8.49. The van der Waals surface area contributed by atoms with Crippen LogP contribution < -0.4 is 5.73 Å². The highest BCUT2D eigenvalue weighted by atomic mass is 15.2. The van der Waals surface area contributed by atoms with Gasteiger partial charge in [0.25, 0.3) is 0 Å². The Morgan fingerprint density at radius 2 is 2.25 bits per heavy atom. The summed E-state index contributed by atoms with van der Waals surface area (Å²) in [4.78, 5) is 0. The fourth-order valence-corrected chi connectivity index (χ4v) is 2.16. The largest absolute Gasteiger partial charge is 0.382 e. The standard InChI is InChI=1S/C9H15N3/c1-9(2)5-3-4-6-7(9)8(10)12-11-6/h3-5H2,1-2H3,(H3,10,11,12). The van der Waals surface area contributed by atoms with E-state index in [0.29, 0.717) is 5.82 Å². The Kier molecular flexibility index (Phi) is 1.43. The van der Waals surface area contributed by atoms with Crippen molar-refractivity contribution in [3.63, 3.8) is 0 Å². The van der Waals surface area contributed by atoms with Gasteiger partial charge >= 0.3 is 0 Å². The van der Waals surface area contributed by atoms with Gasteiger partial charge in [0.1, 0.15) is 5.82 Å². The predicted molar refractivity (Wildman–Crippen MR) is 49.0 cm³/mol. The number of nitrogen functional groups attached to an aromatic ring is 1. The second-order valence-corrected chi connectivity index (χ2v) is 4.20. The van der Waals surface area contributed by atoms with Crippen LogP contribution in [0.25, 0.3) is 0 Å². The normalized spacial score (nSPS) is 20.5. The fourth-order valence-electron chi connectivity index (χ4n) is 2.16. The van der Waals surface area contributed by atoms with Crippen LogP contribution in [0.4, 0.5) is 5.82 Å². The lowest BCUT2D eigenvalue weighted by Gasteiger charge is -2.29. The number of hydrogen-bond donors (Lipinski definition) is 2. The van der Waals surface area contributed by atoms with Gasteiger partial charge in [0.15, 0.2) is 0 Å². The monoisotopic (exact) mass is 165 g/mol. The molecule has 0 aromatic carbocycles. The average molecular weight is 165 g/mol. The van der Waals surface area contributed by atoms with Gasteiger partial charge in [-0.15, -0.1) is 0 Å². The van der Waals surface area contributed by atoms with E-state index in [1.807, 2.05) is 0 Å². The molecule has 0 bridgehead atoms. The summed E-state index contributed by atoms with van der Waals surface area (Å²) in [5, 5.41) is 7.05. The third-order valence-corrected chi connectivity index (χ3v) is 2.77. The molecule has 3 heteroatoms. The van der Waals surface area contributed by atoms with E-state index in [1.54, 1.807) is 0 Å². The SMILES string of the molecule is CC1(C)CCCc2[nH]nc(N)c21. The van der Waals surface area contributed by atoms with Crippen LogP contribution in [0.3, 0.4) is 0 Å². The second-order valence-electron chi connectivity index (χ2n) is 4.20. The predicted octanol–water partition coefficient (Wildman–Crippen LogP) is 1.61. The van der Waals surface area contributed by atoms with Crippen molar-refractivity contribution in [2.45, 2.75) is 38.5 Å². The summed E-state index contributed by atoms with van der Waals surface area (Å²) in [6.45, 7) is 4.47. The topological polar surface area (TPSA) is 54.7 Å². The zero-order valence-electron chi connectivity index (χ0n) is 7.65. The molecular formula is C9H15N3. The van der Waals surface area contributed by atoms with E-state index < -0.39 is 0 Å².